The lowest BCUT2D eigenvalue weighted by molar-refractivity contribution is 0.0789. The Morgan fingerprint density at radius 3 is 2.30 bits per heavy atom. The van der Waals surface area contributed by atoms with Crippen molar-refractivity contribution < 1.29 is 13.2 Å². The van der Waals surface area contributed by atoms with Gasteiger partial charge < -0.3 is 4.90 Å². The number of amides is 1. The number of rotatable bonds is 5. The lowest BCUT2D eigenvalue weighted by atomic mass is 9.97. The van der Waals surface area contributed by atoms with Gasteiger partial charge >= 0.3 is 0 Å². The minimum Gasteiger partial charge on any atom is -0.339 e. The van der Waals surface area contributed by atoms with E-state index in [1.165, 1.54) is 31.0 Å². The highest BCUT2D eigenvalue weighted by Gasteiger charge is 2.26. The molecular formula is C20H30N2O3S2. The molecule has 1 saturated heterocycles. The van der Waals surface area contributed by atoms with Gasteiger partial charge in [-0.2, -0.15) is 0 Å². The molecule has 0 radical (unpaired) electrons. The normalized spacial score (nSPS) is 19.7. The predicted molar refractivity (Wildman–Crippen MR) is 110 cm³/mol. The van der Waals surface area contributed by atoms with Crippen LogP contribution in [-0.4, -0.2) is 44.6 Å². The molecule has 1 heterocycles. The third-order valence-corrected chi connectivity index (χ3v) is 7.85. The molecule has 0 bridgehead atoms. The van der Waals surface area contributed by atoms with Crippen LogP contribution in [-0.2, 0) is 10.0 Å². The van der Waals surface area contributed by atoms with E-state index in [0.717, 1.165) is 56.5 Å². The second-order valence-electron chi connectivity index (χ2n) is 7.52. The molecule has 3 rings (SSSR count). The Kier molecular flexibility index (Phi) is 7.22. The van der Waals surface area contributed by atoms with Crippen molar-refractivity contribution in [2.24, 2.45) is 0 Å². The van der Waals surface area contributed by atoms with Gasteiger partial charge in [0.05, 0.1) is 10.5 Å². The number of carbonyl (C=O) groups excluding carboxylic acids is 1. The molecular weight excluding hydrogens is 380 g/mol. The number of hydrogen-bond acceptors (Lipinski definition) is 4. The van der Waals surface area contributed by atoms with Crippen LogP contribution in [0.25, 0.3) is 0 Å². The first-order valence-corrected chi connectivity index (χ1v) is 12.7. The molecule has 0 unspecified atom stereocenters. The Morgan fingerprint density at radius 1 is 1.04 bits per heavy atom. The maximum Gasteiger partial charge on any atom is 0.255 e. The molecule has 2 aliphatic rings. The highest BCUT2D eigenvalue weighted by Crippen LogP contribution is 2.27. The number of hydrogen-bond donors (Lipinski definition) is 1. The summed E-state index contributed by atoms with van der Waals surface area (Å²) in [6.45, 7) is 1.51. The van der Waals surface area contributed by atoms with Gasteiger partial charge in [0.2, 0.25) is 10.0 Å². The van der Waals surface area contributed by atoms with Crippen molar-refractivity contribution in [1.82, 2.24) is 9.62 Å². The number of thioether (sulfide) groups is 1. The molecule has 2 fully saturated rings. The number of benzene rings is 1. The second-order valence-corrected chi connectivity index (χ2v) is 10.1. The average Bonchev–Trinajstić information content (AvgIpc) is 3.17. The minimum absolute atomic E-state index is 0.00624. The minimum atomic E-state index is -3.62. The largest absolute Gasteiger partial charge is 0.339 e. The maximum absolute atomic E-state index is 13.0. The summed E-state index contributed by atoms with van der Waals surface area (Å²) in [5.41, 5.74) is 0.505. The molecule has 0 atom stereocenters. The molecule has 150 valence electrons. The summed E-state index contributed by atoms with van der Waals surface area (Å²) in [6.07, 6.45) is 11.5. The molecule has 1 aliphatic carbocycles. The fraction of sp³-hybridized carbons (Fsp3) is 0.650. The molecule has 1 aromatic carbocycles. The third kappa shape index (κ3) is 5.27. The zero-order valence-electron chi connectivity index (χ0n) is 16.1. The van der Waals surface area contributed by atoms with Gasteiger partial charge in [0, 0.05) is 24.0 Å². The van der Waals surface area contributed by atoms with Gasteiger partial charge in [-0.05, 0) is 50.1 Å². The number of sulfonamides is 1. The first-order valence-electron chi connectivity index (χ1n) is 10.0. The van der Waals surface area contributed by atoms with E-state index in [0.29, 0.717) is 5.56 Å². The van der Waals surface area contributed by atoms with Crippen LogP contribution >= 0.6 is 11.8 Å². The van der Waals surface area contributed by atoms with Crippen molar-refractivity contribution in [2.75, 3.05) is 19.3 Å². The molecule has 1 saturated carbocycles. The highest BCUT2D eigenvalue weighted by molar-refractivity contribution is 7.98. The van der Waals surface area contributed by atoms with Gasteiger partial charge in [-0.15, -0.1) is 11.8 Å². The van der Waals surface area contributed by atoms with Gasteiger partial charge in [-0.1, -0.05) is 32.1 Å². The van der Waals surface area contributed by atoms with Gasteiger partial charge in [0.25, 0.3) is 5.91 Å². The lowest BCUT2D eigenvalue weighted by Crippen LogP contribution is -2.35. The van der Waals surface area contributed by atoms with Gasteiger partial charge in [-0.3, -0.25) is 4.79 Å². The molecule has 27 heavy (non-hydrogen) atoms. The molecule has 0 spiro atoms. The monoisotopic (exact) mass is 410 g/mol. The van der Waals surface area contributed by atoms with Crippen LogP contribution in [0.5, 0.6) is 0 Å². The highest BCUT2D eigenvalue weighted by atomic mass is 32.2. The molecule has 1 N–H and O–H groups in total. The summed E-state index contributed by atoms with van der Waals surface area (Å²) in [6, 6.07) is 4.95. The Morgan fingerprint density at radius 2 is 1.67 bits per heavy atom. The van der Waals surface area contributed by atoms with Crippen LogP contribution in [0, 0.1) is 0 Å². The number of nitrogens with zero attached hydrogens (tertiary/aromatic N) is 1. The fourth-order valence-electron chi connectivity index (χ4n) is 3.97. The van der Waals surface area contributed by atoms with E-state index < -0.39 is 10.0 Å². The van der Waals surface area contributed by atoms with Gasteiger partial charge in [0.15, 0.2) is 0 Å². The van der Waals surface area contributed by atoms with Crippen LogP contribution in [0.2, 0.25) is 0 Å². The Labute approximate surface area is 167 Å². The van der Waals surface area contributed by atoms with E-state index in [4.69, 9.17) is 0 Å². The number of carbonyl (C=O) groups is 1. The Hall–Kier alpha value is -1.05. The van der Waals surface area contributed by atoms with Crippen LogP contribution in [0.1, 0.15) is 68.1 Å². The molecule has 1 aromatic rings. The van der Waals surface area contributed by atoms with Crippen molar-refractivity contribution >= 4 is 27.7 Å². The van der Waals surface area contributed by atoms with E-state index in [9.17, 15) is 13.2 Å². The molecule has 5 nitrogen and oxygen atoms in total. The summed E-state index contributed by atoms with van der Waals surface area (Å²) in [4.78, 5) is 15.7. The summed E-state index contributed by atoms with van der Waals surface area (Å²) in [5.74, 6) is -0.0557. The van der Waals surface area contributed by atoms with Crippen LogP contribution in [0.15, 0.2) is 28.0 Å². The van der Waals surface area contributed by atoms with Crippen LogP contribution < -0.4 is 4.72 Å². The lowest BCUT2D eigenvalue weighted by Gasteiger charge is -2.22. The summed E-state index contributed by atoms with van der Waals surface area (Å²) < 4.78 is 28.8. The Bertz CT molecular complexity index is 750. The molecule has 0 aromatic heterocycles. The van der Waals surface area contributed by atoms with Crippen molar-refractivity contribution in [2.45, 2.75) is 73.6 Å². The van der Waals surface area contributed by atoms with E-state index in [-0.39, 0.29) is 16.8 Å². The summed E-state index contributed by atoms with van der Waals surface area (Å²) in [5, 5.41) is 0. The van der Waals surface area contributed by atoms with Crippen molar-refractivity contribution in [3.8, 4) is 0 Å². The predicted octanol–water partition coefficient (Wildman–Crippen LogP) is 4.04. The molecule has 1 aliphatic heterocycles. The van der Waals surface area contributed by atoms with E-state index >= 15 is 0 Å². The van der Waals surface area contributed by atoms with Crippen molar-refractivity contribution in [3.05, 3.63) is 23.8 Å². The van der Waals surface area contributed by atoms with Crippen molar-refractivity contribution in [3.63, 3.8) is 0 Å². The smallest absolute Gasteiger partial charge is 0.255 e. The van der Waals surface area contributed by atoms with Crippen LogP contribution in [0.3, 0.4) is 0 Å². The summed E-state index contributed by atoms with van der Waals surface area (Å²) in [7, 11) is -3.62. The number of nitrogens with one attached hydrogen (secondary N) is 1. The fourth-order valence-corrected chi connectivity index (χ4v) is 5.87. The summed E-state index contributed by atoms with van der Waals surface area (Å²) >= 11 is 1.48. The van der Waals surface area contributed by atoms with Crippen LogP contribution in [0.4, 0.5) is 0 Å². The third-order valence-electron chi connectivity index (χ3n) is 5.53. The van der Waals surface area contributed by atoms with E-state index in [1.54, 1.807) is 18.2 Å². The quantitative estimate of drug-likeness (QED) is 0.744. The van der Waals surface area contributed by atoms with Crippen molar-refractivity contribution in [1.29, 1.82) is 0 Å². The first kappa shape index (κ1) is 20.7. The van der Waals surface area contributed by atoms with Gasteiger partial charge in [-0.25, -0.2) is 13.1 Å². The first-order chi connectivity index (χ1) is 13.0. The number of likely N-dealkylation sites (tertiary alicyclic amines) is 1. The zero-order chi connectivity index (χ0) is 19.3. The molecule has 1 amide bonds. The maximum atomic E-state index is 13.0. The standard InChI is InChI=1S/C20H30N2O3S2/c1-26-19-12-11-17(15-18(19)20(23)22-13-7-8-14-22)27(24,25)21-16-9-5-3-2-4-6-10-16/h11-12,15-16,21H,2-10,13-14H2,1H3. The average molecular weight is 411 g/mol. The van der Waals surface area contributed by atoms with E-state index in [2.05, 4.69) is 4.72 Å². The van der Waals surface area contributed by atoms with Gasteiger partial charge in [0.1, 0.15) is 0 Å². The Balaban J connectivity index is 1.81. The SMILES string of the molecule is CSc1ccc(S(=O)(=O)NC2CCCCCCC2)cc1C(=O)N1CCCC1. The van der Waals surface area contributed by atoms with E-state index in [1.807, 2.05) is 11.2 Å². The molecule has 7 heteroatoms. The zero-order valence-corrected chi connectivity index (χ0v) is 17.7. The topological polar surface area (TPSA) is 66.5 Å². The second kappa shape index (κ2) is 9.43.